The minimum Gasteiger partial charge on any atom is -0.304 e. The van der Waals surface area contributed by atoms with E-state index in [0.29, 0.717) is 18.0 Å². The van der Waals surface area contributed by atoms with Crippen molar-refractivity contribution in [2.24, 2.45) is 0 Å². The van der Waals surface area contributed by atoms with Gasteiger partial charge in [-0.15, -0.1) is 11.6 Å². The van der Waals surface area contributed by atoms with Crippen LogP contribution >= 0.6 is 11.6 Å². The minimum absolute atomic E-state index is 0.376. The van der Waals surface area contributed by atoms with Gasteiger partial charge in [0.25, 0.3) is 11.7 Å². The number of halogens is 1. The fraction of sp³-hybridized carbons (Fsp3) is 0.467. The standard InChI is InChI=1S/C15H18ClNO2/c1-10-8-11(2)13-12(9-10)14(18)15(19)17(13)7-5-3-4-6-16/h8-9H,3-7H2,1-2H3. The summed E-state index contributed by atoms with van der Waals surface area (Å²) in [5, 5.41) is 0. The molecule has 0 bridgehead atoms. The molecule has 0 fully saturated rings. The summed E-state index contributed by atoms with van der Waals surface area (Å²) in [4.78, 5) is 25.7. The first-order chi connectivity index (χ1) is 9.06. The molecule has 0 aromatic heterocycles. The second-order valence-corrected chi connectivity index (χ2v) is 5.39. The average molecular weight is 280 g/mol. The van der Waals surface area contributed by atoms with Gasteiger partial charge in [-0.25, -0.2) is 0 Å². The Morgan fingerprint density at radius 2 is 1.84 bits per heavy atom. The van der Waals surface area contributed by atoms with Crippen molar-refractivity contribution >= 4 is 29.0 Å². The number of alkyl halides is 1. The third kappa shape index (κ3) is 2.66. The topological polar surface area (TPSA) is 37.4 Å². The Kier molecular flexibility index (Phi) is 4.25. The number of nitrogens with zero attached hydrogens (tertiary/aromatic N) is 1. The molecule has 0 saturated carbocycles. The van der Waals surface area contributed by atoms with Crippen molar-refractivity contribution in [2.45, 2.75) is 33.1 Å². The van der Waals surface area contributed by atoms with Gasteiger partial charge in [0, 0.05) is 12.4 Å². The lowest BCUT2D eigenvalue weighted by molar-refractivity contribution is -0.114. The van der Waals surface area contributed by atoms with Gasteiger partial charge in [-0.05, 0) is 43.9 Å². The normalized spacial score (nSPS) is 14.2. The smallest absolute Gasteiger partial charge is 0.299 e. The Labute approximate surface area is 118 Å². The van der Waals surface area contributed by atoms with Gasteiger partial charge in [-0.1, -0.05) is 12.5 Å². The summed E-state index contributed by atoms with van der Waals surface area (Å²) in [6.07, 6.45) is 2.79. The van der Waals surface area contributed by atoms with E-state index in [1.807, 2.05) is 19.9 Å². The van der Waals surface area contributed by atoms with E-state index < -0.39 is 5.91 Å². The molecule has 0 spiro atoms. The van der Waals surface area contributed by atoms with Crippen LogP contribution in [-0.4, -0.2) is 24.1 Å². The number of rotatable bonds is 5. The zero-order valence-electron chi connectivity index (χ0n) is 11.3. The summed E-state index contributed by atoms with van der Waals surface area (Å²) < 4.78 is 0. The van der Waals surface area contributed by atoms with Gasteiger partial charge in [0.2, 0.25) is 0 Å². The Morgan fingerprint density at radius 1 is 1.11 bits per heavy atom. The summed E-state index contributed by atoms with van der Waals surface area (Å²) >= 11 is 5.64. The summed E-state index contributed by atoms with van der Waals surface area (Å²) in [5.41, 5.74) is 3.36. The number of benzene rings is 1. The number of hydrogen-bond donors (Lipinski definition) is 0. The predicted octanol–water partition coefficient (Wildman–Crippen LogP) is 3.24. The Hall–Kier alpha value is -1.35. The van der Waals surface area contributed by atoms with Crippen LogP contribution in [0.15, 0.2) is 12.1 Å². The molecule has 102 valence electrons. The summed E-state index contributed by atoms with van der Waals surface area (Å²) in [6.45, 7) is 4.48. The Bertz CT molecular complexity index is 525. The molecule has 1 aromatic carbocycles. The zero-order chi connectivity index (χ0) is 14.0. The van der Waals surface area contributed by atoms with E-state index >= 15 is 0 Å². The number of carbonyl (C=O) groups is 2. The first-order valence-electron chi connectivity index (χ1n) is 6.59. The highest BCUT2D eigenvalue weighted by Gasteiger charge is 2.36. The number of fused-ring (bicyclic) bond motifs is 1. The molecule has 1 amide bonds. The highest BCUT2D eigenvalue weighted by molar-refractivity contribution is 6.52. The molecule has 1 aliphatic rings. The molecule has 1 heterocycles. The highest BCUT2D eigenvalue weighted by Crippen LogP contribution is 2.33. The van der Waals surface area contributed by atoms with Crippen LogP contribution in [0.5, 0.6) is 0 Å². The molecule has 0 aliphatic carbocycles. The third-order valence-electron chi connectivity index (χ3n) is 3.41. The number of amides is 1. The quantitative estimate of drug-likeness (QED) is 0.471. The maximum absolute atomic E-state index is 12.0. The van der Waals surface area contributed by atoms with E-state index in [9.17, 15) is 9.59 Å². The molecule has 0 unspecified atom stereocenters. The molecule has 0 saturated heterocycles. The maximum atomic E-state index is 12.0. The first-order valence-corrected chi connectivity index (χ1v) is 7.13. The molecule has 3 nitrogen and oxygen atoms in total. The van der Waals surface area contributed by atoms with Crippen LogP contribution in [0, 0.1) is 13.8 Å². The number of Topliss-reactive ketones (excluding diaryl/α,β-unsaturated/α-hetero) is 1. The fourth-order valence-electron chi connectivity index (χ4n) is 2.59. The number of ketones is 1. The molecule has 0 N–H and O–H groups in total. The molecular formula is C15H18ClNO2. The van der Waals surface area contributed by atoms with Crippen LogP contribution in [0.4, 0.5) is 5.69 Å². The van der Waals surface area contributed by atoms with Crippen molar-refractivity contribution in [1.29, 1.82) is 0 Å². The van der Waals surface area contributed by atoms with Crippen LogP contribution in [0.2, 0.25) is 0 Å². The SMILES string of the molecule is Cc1cc(C)c2c(c1)C(=O)C(=O)N2CCCCCCl. The second kappa shape index (κ2) is 5.74. The summed E-state index contributed by atoms with van der Waals surface area (Å²) in [6, 6.07) is 3.82. The number of carbonyl (C=O) groups excluding carboxylic acids is 2. The van der Waals surface area contributed by atoms with Crippen LogP contribution in [0.3, 0.4) is 0 Å². The van der Waals surface area contributed by atoms with Crippen LogP contribution in [0.25, 0.3) is 0 Å². The second-order valence-electron chi connectivity index (χ2n) is 5.01. The van der Waals surface area contributed by atoms with E-state index in [0.717, 1.165) is 36.1 Å². The number of hydrogen-bond acceptors (Lipinski definition) is 2. The molecule has 0 radical (unpaired) electrons. The maximum Gasteiger partial charge on any atom is 0.299 e. The summed E-state index contributed by atoms with van der Waals surface area (Å²) in [7, 11) is 0. The summed E-state index contributed by atoms with van der Waals surface area (Å²) in [5.74, 6) is -0.129. The van der Waals surface area contributed by atoms with Crippen molar-refractivity contribution in [3.05, 3.63) is 28.8 Å². The molecular weight excluding hydrogens is 262 g/mol. The van der Waals surface area contributed by atoms with E-state index in [-0.39, 0.29) is 5.78 Å². The van der Waals surface area contributed by atoms with E-state index in [4.69, 9.17) is 11.6 Å². The molecule has 4 heteroatoms. The first kappa shape index (κ1) is 14.1. The van der Waals surface area contributed by atoms with Crippen molar-refractivity contribution in [3.8, 4) is 0 Å². The average Bonchev–Trinajstić information content (AvgIpc) is 2.60. The van der Waals surface area contributed by atoms with E-state index in [1.54, 1.807) is 11.0 Å². The van der Waals surface area contributed by atoms with Crippen molar-refractivity contribution in [2.75, 3.05) is 17.3 Å². The van der Waals surface area contributed by atoms with Crippen molar-refractivity contribution in [1.82, 2.24) is 0 Å². The van der Waals surface area contributed by atoms with Gasteiger partial charge < -0.3 is 4.90 Å². The number of aryl methyl sites for hydroxylation is 2. The molecule has 19 heavy (non-hydrogen) atoms. The van der Waals surface area contributed by atoms with Gasteiger partial charge in [0.1, 0.15) is 0 Å². The third-order valence-corrected chi connectivity index (χ3v) is 3.68. The van der Waals surface area contributed by atoms with Crippen LogP contribution in [0.1, 0.15) is 40.7 Å². The number of anilines is 1. The van der Waals surface area contributed by atoms with Crippen molar-refractivity contribution < 1.29 is 9.59 Å². The van der Waals surface area contributed by atoms with Gasteiger partial charge in [0.05, 0.1) is 11.3 Å². The minimum atomic E-state index is -0.394. The molecule has 1 aromatic rings. The Balaban J connectivity index is 2.23. The molecule has 1 aliphatic heterocycles. The lowest BCUT2D eigenvalue weighted by atomic mass is 10.0. The largest absolute Gasteiger partial charge is 0.304 e. The lowest BCUT2D eigenvalue weighted by Crippen LogP contribution is -2.31. The van der Waals surface area contributed by atoms with Gasteiger partial charge >= 0.3 is 0 Å². The highest BCUT2D eigenvalue weighted by atomic mass is 35.5. The fourth-order valence-corrected chi connectivity index (χ4v) is 2.77. The number of unbranched alkanes of at least 4 members (excludes halogenated alkanes) is 2. The van der Waals surface area contributed by atoms with E-state index in [1.165, 1.54) is 0 Å². The van der Waals surface area contributed by atoms with Crippen molar-refractivity contribution in [3.63, 3.8) is 0 Å². The predicted molar refractivity (Wildman–Crippen MR) is 77.2 cm³/mol. The lowest BCUT2D eigenvalue weighted by Gasteiger charge is -2.18. The molecule has 0 atom stereocenters. The zero-order valence-corrected chi connectivity index (χ0v) is 12.1. The van der Waals surface area contributed by atoms with Gasteiger partial charge in [-0.2, -0.15) is 0 Å². The molecule has 2 rings (SSSR count). The monoisotopic (exact) mass is 279 g/mol. The Morgan fingerprint density at radius 3 is 2.53 bits per heavy atom. The van der Waals surface area contributed by atoms with Gasteiger partial charge in [0.15, 0.2) is 0 Å². The van der Waals surface area contributed by atoms with Crippen LogP contribution in [-0.2, 0) is 4.79 Å². The van der Waals surface area contributed by atoms with E-state index in [2.05, 4.69) is 0 Å². The van der Waals surface area contributed by atoms with Gasteiger partial charge in [-0.3, -0.25) is 9.59 Å². The van der Waals surface area contributed by atoms with Crippen LogP contribution < -0.4 is 4.90 Å².